The minimum atomic E-state index is 0.623. The molecule has 1 N–H and O–H groups in total. The van der Waals surface area contributed by atoms with Gasteiger partial charge in [-0.1, -0.05) is 0 Å². The van der Waals surface area contributed by atoms with Crippen molar-refractivity contribution >= 4 is 27.5 Å². The maximum absolute atomic E-state index is 4.49. The van der Waals surface area contributed by atoms with Crippen molar-refractivity contribution in [3.63, 3.8) is 0 Å². The monoisotopic (exact) mass is 260 g/mol. The van der Waals surface area contributed by atoms with Gasteiger partial charge in [-0.25, -0.2) is 14.6 Å². The van der Waals surface area contributed by atoms with Gasteiger partial charge < -0.3 is 5.32 Å². The van der Waals surface area contributed by atoms with Gasteiger partial charge in [-0.2, -0.15) is 10.1 Å². The van der Waals surface area contributed by atoms with Crippen molar-refractivity contribution in [2.24, 2.45) is 0 Å². The number of hydrogen-bond donors (Lipinski definition) is 1. The van der Waals surface area contributed by atoms with E-state index in [4.69, 9.17) is 0 Å². The normalized spacial score (nSPS) is 11.0. The van der Waals surface area contributed by atoms with Gasteiger partial charge in [0.15, 0.2) is 5.82 Å². The molecule has 0 aromatic carbocycles. The highest BCUT2D eigenvalue weighted by Crippen LogP contribution is 2.28. The Morgan fingerprint density at radius 1 is 1.39 bits per heavy atom. The zero-order chi connectivity index (χ0) is 12.5. The van der Waals surface area contributed by atoms with Gasteiger partial charge in [0.1, 0.15) is 17.5 Å². The number of fused-ring (bicyclic) bond motifs is 1. The van der Waals surface area contributed by atoms with Crippen LogP contribution in [0.1, 0.15) is 11.8 Å². The summed E-state index contributed by atoms with van der Waals surface area (Å²) in [5.74, 6) is 1.38. The first-order valence-corrected chi connectivity index (χ1v) is 6.46. The largest absolute Gasteiger partial charge is 0.354 e. The Balaban J connectivity index is 2.26. The van der Waals surface area contributed by atoms with Crippen LogP contribution in [0, 0.1) is 6.92 Å². The SMILES string of the molecule is CCNc1nc(-n2cncn2)c2cc(C)sc2n1. The van der Waals surface area contributed by atoms with Crippen LogP contribution in [0.2, 0.25) is 0 Å². The van der Waals surface area contributed by atoms with Crippen molar-refractivity contribution in [2.75, 3.05) is 11.9 Å². The molecular weight excluding hydrogens is 248 g/mol. The number of anilines is 1. The van der Waals surface area contributed by atoms with E-state index in [9.17, 15) is 0 Å². The van der Waals surface area contributed by atoms with E-state index in [-0.39, 0.29) is 0 Å². The fourth-order valence-corrected chi connectivity index (χ4v) is 2.63. The molecule has 0 bridgehead atoms. The lowest BCUT2D eigenvalue weighted by atomic mass is 10.3. The molecule has 0 aliphatic heterocycles. The van der Waals surface area contributed by atoms with E-state index in [0.717, 1.165) is 22.6 Å². The standard InChI is InChI=1S/C11H12N6S/c1-3-13-11-15-9(17-6-12-5-14-17)8-4-7(2)18-10(8)16-11/h4-6H,3H2,1-2H3,(H,13,15,16). The lowest BCUT2D eigenvalue weighted by molar-refractivity contribution is 0.850. The molecular formula is C11H12N6S. The Hall–Kier alpha value is -2.02. The molecule has 3 aromatic heterocycles. The third-order valence-corrected chi connectivity index (χ3v) is 3.41. The smallest absolute Gasteiger partial charge is 0.226 e. The van der Waals surface area contributed by atoms with Crippen LogP contribution in [-0.2, 0) is 0 Å². The zero-order valence-corrected chi connectivity index (χ0v) is 10.9. The molecule has 0 saturated carbocycles. The Bertz CT molecular complexity index is 672. The molecule has 0 amide bonds. The summed E-state index contributed by atoms with van der Waals surface area (Å²) in [7, 11) is 0. The Labute approximate surface area is 108 Å². The third-order valence-electron chi connectivity index (χ3n) is 2.47. The quantitative estimate of drug-likeness (QED) is 0.780. The van der Waals surface area contributed by atoms with E-state index in [2.05, 4.69) is 38.4 Å². The summed E-state index contributed by atoms with van der Waals surface area (Å²) in [5.41, 5.74) is 0. The van der Waals surface area contributed by atoms with Gasteiger partial charge in [-0.05, 0) is 19.9 Å². The van der Waals surface area contributed by atoms with Crippen molar-refractivity contribution in [1.82, 2.24) is 24.7 Å². The zero-order valence-electron chi connectivity index (χ0n) is 10.1. The van der Waals surface area contributed by atoms with Crippen LogP contribution >= 0.6 is 11.3 Å². The van der Waals surface area contributed by atoms with Gasteiger partial charge in [0.25, 0.3) is 0 Å². The first-order chi connectivity index (χ1) is 8.78. The second kappa shape index (κ2) is 4.34. The highest BCUT2D eigenvalue weighted by molar-refractivity contribution is 7.18. The fourth-order valence-electron chi connectivity index (χ4n) is 1.76. The lowest BCUT2D eigenvalue weighted by Crippen LogP contribution is -2.06. The number of nitrogens with one attached hydrogen (secondary N) is 1. The van der Waals surface area contributed by atoms with Crippen molar-refractivity contribution in [2.45, 2.75) is 13.8 Å². The molecule has 0 atom stereocenters. The molecule has 0 spiro atoms. The van der Waals surface area contributed by atoms with Crippen LogP contribution in [0.25, 0.3) is 16.0 Å². The molecule has 0 aliphatic rings. The van der Waals surface area contributed by atoms with E-state index < -0.39 is 0 Å². The van der Waals surface area contributed by atoms with Gasteiger partial charge in [0.05, 0.1) is 5.39 Å². The van der Waals surface area contributed by atoms with E-state index in [1.165, 1.54) is 11.2 Å². The first kappa shape index (κ1) is 11.1. The van der Waals surface area contributed by atoms with Crippen LogP contribution in [0.4, 0.5) is 5.95 Å². The molecule has 7 heteroatoms. The summed E-state index contributed by atoms with van der Waals surface area (Å²) in [6, 6.07) is 2.08. The molecule has 3 heterocycles. The van der Waals surface area contributed by atoms with Gasteiger partial charge in [-0.15, -0.1) is 11.3 Å². The molecule has 6 nitrogen and oxygen atoms in total. The predicted molar refractivity (Wildman–Crippen MR) is 71.2 cm³/mol. The summed E-state index contributed by atoms with van der Waals surface area (Å²) in [6.07, 6.45) is 3.14. The Morgan fingerprint density at radius 3 is 3.00 bits per heavy atom. The number of aromatic nitrogens is 5. The van der Waals surface area contributed by atoms with Crippen LogP contribution in [-0.4, -0.2) is 31.3 Å². The van der Waals surface area contributed by atoms with E-state index in [1.807, 2.05) is 6.92 Å². The van der Waals surface area contributed by atoms with Crippen molar-refractivity contribution in [1.29, 1.82) is 0 Å². The minimum absolute atomic E-state index is 0.623. The predicted octanol–water partition coefficient (Wildman–Crippen LogP) is 2.01. The van der Waals surface area contributed by atoms with Crippen LogP contribution in [0.3, 0.4) is 0 Å². The van der Waals surface area contributed by atoms with Gasteiger partial charge in [-0.3, -0.25) is 0 Å². The molecule has 3 aromatic rings. The molecule has 0 aliphatic carbocycles. The van der Waals surface area contributed by atoms with Gasteiger partial charge in [0, 0.05) is 11.4 Å². The molecule has 18 heavy (non-hydrogen) atoms. The highest BCUT2D eigenvalue weighted by Gasteiger charge is 2.12. The third kappa shape index (κ3) is 1.82. The van der Waals surface area contributed by atoms with Gasteiger partial charge >= 0.3 is 0 Å². The summed E-state index contributed by atoms with van der Waals surface area (Å²) in [4.78, 5) is 15.1. The van der Waals surface area contributed by atoms with E-state index >= 15 is 0 Å². The highest BCUT2D eigenvalue weighted by atomic mass is 32.1. The van der Waals surface area contributed by atoms with E-state index in [1.54, 1.807) is 22.3 Å². The average Bonchev–Trinajstić information content (AvgIpc) is 2.96. The maximum atomic E-state index is 4.49. The Morgan fingerprint density at radius 2 is 2.28 bits per heavy atom. The summed E-state index contributed by atoms with van der Waals surface area (Å²) >= 11 is 1.65. The molecule has 0 unspecified atom stereocenters. The van der Waals surface area contributed by atoms with Crippen molar-refractivity contribution in [3.8, 4) is 5.82 Å². The molecule has 3 rings (SSSR count). The number of nitrogens with zero attached hydrogens (tertiary/aromatic N) is 5. The van der Waals surface area contributed by atoms with Crippen LogP contribution in [0.15, 0.2) is 18.7 Å². The van der Waals surface area contributed by atoms with Crippen LogP contribution < -0.4 is 5.32 Å². The molecule has 92 valence electrons. The number of thiophene rings is 1. The number of rotatable bonds is 3. The summed E-state index contributed by atoms with van der Waals surface area (Å²) < 4.78 is 1.66. The van der Waals surface area contributed by atoms with Crippen molar-refractivity contribution < 1.29 is 0 Å². The van der Waals surface area contributed by atoms with Gasteiger partial charge in [0.2, 0.25) is 5.95 Å². The summed E-state index contributed by atoms with van der Waals surface area (Å²) in [5, 5.41) is 8.28. The van der Waals surface area contributed by atoms with Crippen molar-refractivity contribution in [3.05, 3.63) is 23.6 Å². The second-order valence-corrected chi connectivity index (χ2v) is 5.05. The van der Waals surface area contributed by atoms with E-state index in [0.29, 0.717) is 5.95 Å². The number of hydrogen-bond acceptors (Lipinski definition) is 6. The van der Waals surface area contributed by atoms with Crippen LogP contribution in [0.5, 0.6) is 0 Å². The summed E-state index contributed by atoms with van der Waals surface area (Å²) in [6.45, 7) is 4.86. The molecule has 0 saturated heterocycles. The lowest BCUT2D eigenvalue weighted by Gasteiger charge is -2.05. The maximum Gasteiger partial charge on any atom is 0.226 e. The fraction of sp³-hybridized carbons (Fsp3) is 0.273. The number of aryl methyl sites for hydroxylation is 1. The molecule has 0 radical (unpaired) electrons. The minimum Gasteiger partial charge on any atom is -0.354 e. The average molecular weight is 260 g/mol. The molecule has 0 fully saturated rings. The topological polar surface area (TPSA) is 68.5 Å². The second-order valence-electron chi connectivity index (χ2n) is 3.82. The Kier molecular flexibility index (Phi) is 2.67. The first-order valence-electron chi connectivity index (χ1n) is 5.65.